The van der Waals surface area contributed by atoms with Crippen LogP contribution in [0.3, 0.4) is 0 Å². The van der Waals surface area contributed by atoms with E-state index in [1.807, 2.05) is 44.4 Å². The van der Waals surface area contributed by atoms with Gasteiger partial charge in [0.15, 0.2) is 0 Å². The van der Waals surface area contributed by atoms with Gasteiger partial charge in [-0.1, -0.05) is 23.7 Å². The number of ether oxygens (including phenoxy) is 1. The summed E-state index contributed by atoms with van der Waals surface area (Å²) < 4.78 is 7.83. The van der Waals surface area contributed by atoms with Crippen LogP contribution < -0.4 is 4.74 Å². The van der Waals surface area contributed by atoms with Crippen LogP contribution in [0, 0.1) is 0 Å². The van der Waals surface area contributed by atoms with E-state index in [1.165, 1.54) is 5.56 Å². The topological polar surface area (TPSA) is 47.4 Å². The SMILES string of the molecule is C[C@@H]1Cc2cc(CN(C)C(=O)CCCc3nc4cc(Cl)ccc4n3C)ccc2O1. The lowest BCUT2D eigenvalue weighted by atomic mass is 10.1. The number of nitrogens with zero attached hydrogens (tertiary/aromatic N) is 3. The van der Waals surface area contributed by atoms with Crippen molar-refractivity contribution in [2.24, 2.45) is 7.05 Å². The minimum atomic E-state index is 0.150. The molecule has 2 heterocycles. The highest BCUT2D eigenvalue weighted by Crippen LogP contribution is 2.29. The Balaban J connectivity index is 1.32. The van der Waals surface area contributed by atoms with E-state index in [2.05, 4.69) is 22.5 Å². The molecule has 0 saturated heterocycles. The second-order valence-electron chi connectivity index (χ2n) is 7.90. The van der Waals surface area contributed by atoms with E-state index in [1.54, 1.807) is 4.90 Å². The highest BCUT2D eigenvalue weighted by atomic mass is 35.5. The summed E-state index contributed by atoms with van der Waals surface area (Å²) >= 11 is 6.06. The standard InChI is InChI=1S/C23H26ClN3O2/c1-15-11-17-12-16(7-10-21(17)29-15)14-26(2)23(28)6-4-5-22-25-19-13-18(24)8-9-20(19)27(22)3/h7-10,12-13,15H,4-6,11,14H2,1-3H3/t15-/m1/s1. The number of aromatic nitrogens is 2. The maximum absolute atomic E-state index is 12.6. The van der Waals surface area contributed by atoms with Crippen LogP contribution in [0.25, 0.3) is 11.0 Å². The molecule has 0 spiro atoms. The molecule has 4 rings (SSSR count). The first kappa shape index (κ1) is 19.8. The Bertz CT molecular complexity index is 1060. The van der Waals surface area contributed by atoms with Gasteiger partial charge < -0.3 is 14.2 Å². The molecule has 0 unspecified atom stereocenters. The predicted octanol–water partition coefficient (Wildman–Crippen LogP) is 4.53. The fourth-order valence-corrected chi connectivity index (χ4v) is 4.14. The molecule has 3 aromatic rings. The van der Waals surface area contributed by atoms with Crippen LogP contribution in [0.1, 0.15) is 36.7 Å². The minimum absolute atomic E-state index is 0.150. The van der Waals surface area contributed by atoms with Gasteiger partial charge in [-0.05, 0) is 48.7 Å². The Morgan fingerprint density at radius 2 is 2.14 bits per heavy atom. The molecule has 152 valence electrons. The van der Waals surface area contributed by atoms with Gasteiger partial charge in [0, 0.05) is 44.9 Å². The molecule has 1 atom stereocenters. The van der Waals surface area contributed by atoms with Crippen LogP contribution in [0.2, 0.25) is 5.02 Å². The first-order chi connectivity index (χ1) is 13.9. The highest BCUT2D eigenvalue weighted by Gasteiger charge is 2.19. The monoisotopic (exact) mass is 411 g/mol. The molecule has 29 heavy (non-hydrogen) atoms. The van der Waals surface area contributed by atoms with Gasteiger partial charge in [0.2, 0.25) is 5.91 Å². The van der Waals surface area contributed by atoms with E-state index < -0.39 is 0 Å². The molecule has 2 aromatic carbocycles. The largest absolute Gasteiger partial charge is 0.490 e. The zero-order valence-corrected chi connectivity index (χ0v) is 17.9. The Morgan fingerprint density at radius 3 is 2.97 bits per heavy atom. The van der Waals surface area contributed by atoms with Crippen LogP contribution >= 0.6 is 11.6 Å². The van der Waals surface area contributed by atoms with Gasteiger partial charge in [0.05, 0.1) is 11.0 Å². The zero-order valence-electron chi connectivity index (χ0n) is 17.1. The van der Waals surface area contributed by atoms with E-state index in [0.29, 0.717) is 18.0 Å². The molecule has 1 amide bonds. The van der Waals surface area contributed by atoms with E-state index >= 15 is 0 Å². The smallest absolute Gasteiger partial charge is 0.222 e. The van der Waals surface area contributed by atoms with Crippen molar-refractivity contribution in [1.29, 1.82) is 0 Å². The number of hydrogen-bond acceptors (Lipinski definition) is 3. The number of rotatable bonds is 6. The lowest BCUT2D eigenvalue weighted by Crippen LogP contribution is -2.26. The van der Waals surface area contributed by atoms with E-state index in [-0.39, 0.29) is 12.0 Å². The van der Waals surface area contributed by atoms with Gasteiger partial charge in [-0.15, -0.1) is 0 Å². The second-order valence-corrected chi connectivity index (χ2v) is 8.33. The number of carbonyl (C=O) groups excluding carboxylic acids is 1. The first-order valence-corrected chi connectivity index (χ1v) is 10.4. The number of carbonyl (C=O) groups is 1. The summed E-state index contributed by atoms with van der Waals surface area (Å²) in [4.78, 5) is 19.0. The molecule has 0 fully saturated rings. The quantitative estimate of drug-likeness (QED) is 0.598. The van der Waals surface area contributed by atoms with Gasteiger partial charge >= 0.3 is 0 Å². The number of amides is 1. The maximum atomic E-state index is 12.6. The number of fused-ring (bicyclic) bond motifs is 2. The number of imidazole rings is 1. The average molecular weight is 412 g/mol. The van der Waals surface area contributed by atoms with Crippen LogP contribution in [0.15, 0.2) is 36.4 Å². The van der Waals surface area contributed by atoms with Crippen molar-refractivity contribution in [3.05, 3.63) is 58.4 Å². The first-order valence-electron chi connectivity index (χ1n) is 10.0. The fourth-order valence-electron chi connectivity index (χ4n) is 3.97. The average Bonchev–Trinajstić information content (AvgIpc) is 3.20. The van der Waals surface area contributed by atoms with E-state index in [9.17, 15) is 4.79 Å². The summed E-state index contributed by atoms with van der Waals surface area (Å²) in [7, 11) is 3.87. The third kappa shape index (κ3) is 4.25. The second kappa shape index (κ2) is 8.07. The molecular weight excluding hydrogens is 386 g/mol. The van der Waals surface area contributed by atoms with Gasteiger partial charge in [-0.3, -0.25) is 4.79 Å². The lowest BCUT2D eigenvalue weighted by Gasteiger charge is -2.17. The van der Waals surface area contributed by atoms with Crippen LogP contribution in [-0.4, -0.2) is 33.5 Å². The molecule has 5 nitrogen and oxygen atoms in total. The summed E-state index contributed by atoms with van der Waals surface area (Å²) in [5, 5.41) is 0.687. The summed E-state index contributed by atoms with van der Waals surface area (Å²) in [6.45, 7) is 2.69. The lowest BCUT2D eigenvalue weighted by molar-refractivity contribution is -0.130. The third-order valence-electron chi connectivity index (χ3n) is 5.53. The summed E-state index contributed by atoms with van der Waals surface area (Å²) in [6, 6.07) is 12.0. The number of halogens is 1. The van der Waals surface area contributed by atoms with Crippen LogP contribution in [0.5, 0.6) is 5.75 Å². The molecule has 1 aliphatic rings. The van der Waals surface area contributed by atoms with Gasteiger partial charge in [-0.2, -0.15) is 0 Å². The normalized spacial score (nSPS) is 15.4. The zero-order chi connectivity index (χ0) is 20.5. The number of benzene rings is 2. The highest BCUT2D eigenvalue weighted by molar-refractivity contribution is 6.31. The van der Waals surface area contributed by atoms with Crippen molar-refractivity contribution in [3.63, 3.8) is 0 Å². The minimum Gasteiger partial charge on any atom is -0.490 e. The van der Waals surface area contributed by atoms with Crippen molar-refractivity contribution in [2.75, 3.05) is 7.05 Å². The van der Waals surface area contributed by atoms with Crippen LogP contribution in [0.4, 0.5) is 0 Å². The molecule has 0 aliphatic carbocycles. The van der Waals surface area contributed by atoms with Gasteiger partial charge in [-0.25, -0.2) is 4.98 Å². The third-order valence-corrected chi connectivity index (χ3v) is 5.77. The fraction of sp³-hybridized carbons (Fsp3) is 0.391. The Morgan fingerprint density at radius 1 is 1.31 bits per heavy atom. The molecule has 0 radical (unpaired) electrons. The Hall–Kier alpha value is -2.53. The molecule has 0 saturated carbocycles. The van der Waals surface area contributed by atoms with Gasteiger partial charge in [0.1, 0.15) is 17.7 Å². The molecular formula is C23H26ClN3O2. The molecule has 0 N–H and O–H groups in total. The molecule has 0 bridgehead atoms. The van der Waals surface area contributed by atoms with Crippen molar-refractivity contribution < 1.29 is 9.53 Å². The van der Waals surface area contributed by atoms with E-state index in [0.717, 1.165) is 47.4 Å². The van der Waals surface area contributed by atoms with Crippen LogP contribution in [-0.2, 0) is 31.2 Å². The van der Waals surface area contributed by atoms with Crippen molar-refractivity contribution in [3.8, 4) is 5.75 Å². The van der Waals surface area contributed by atoms with E-state index in [4.69, 9.17) is 16.3 Å². The Kier molecular flexibility index (Phi) is 5.50. The maximum Gasteiger partial charge on any atom is 0.222 e. The predicted molar refractivity (Wildman–Crippen MR) is 115 cm³/mol. The van der Waals surface area contributed by atoms with Crippen molar-refractivity contribution >= 4 is 28.5 Å². The summed E-state index contributed by atoms with van der Waals surface area (Å²) in [5.41, 5.74) is 4.33. The molecule has 1 aromatic heterocycles. The number of aryl methyl sites for hydroxylation is 2. The number of hydrogen-bond donors (Lipinski definition) is 0. The summed E-state index contributed by atoms with van der Waals surface area (Å²) in [6.07, 6.45) is 3.20. The summed E-state index contributed by atoms with van der Waals surface area (Å²) in [5.74, 6) is 2.10. The van der Waals surface area contributed by atoms with Crippen molar-refractivity contribution in [1.82, 2.24) is 14.5 Å². The van der Waals surface area contributed by atoms with Crippen molar-refractivity contribution in [2.45, 2.75) is 45.3 Å². The molecule has 6 heteroatoms. The van der Waals surface area contributed by atoms with Gasteiger partial charge in [0.25, 0.3) is 0 Å². The Labute approximate surface area is 176 Å². The molecule has 1 aliphatic heterocycles.